The molecule has 1 atom stereocenters. The number of hydrogen-bond donors (Lipinski definition) is 1. The quantitative estimate of drug-likeness (QED) is 0.913. The molecule has 0 saturated heterocycles. The van der Waals surface area contributed by atoms with Crippen molar-refractivity contribution in [2.45, 2.75) is 20.0 Å². The number of aromatic nitrogens is 1. The Morgan fingerprint density at radius 2 is 1.84 bits per heavy atom. The summed E-state index contributed by atoms with van der Waals surface area (Å²) >= 11 is 0. The lowest BCUT2D eigenvalue weighted by Crippen LogP contribution is -2.18. The minimum absolute atomic E-state index is 0.616. The molecule has 0 spiro atoms. The van der Waals surface area contributed by atoms with Crippen LogP contribution in [0.1, 0.15) is 29.8 Å². The number of benzene rings is 1. The molecule has 0 saturated carbocycles. The Kier molecular flexibility index (Phi) is 4.17. The molecule has 2 aromatic rings. The lowest BCUT2D eigenvalue weighted by Gasteiger charge is -2.19. The Bertz CT molecular complexity index is 540. The Labute approximate surface area is 114 Å². The number of hydrogen-bond acceptors (Lipinski definition) is 3. The van der Waals surface area contributed by atoms with E-state index in [4.69, 9.17) is 0 Å². The Balaban J connectivity index is 2.31. The predicted molar refractivity (Wildman–Crippen MR) is 78.4 cm³/mol. The molecule has 0 aliphatic rings. The zero-order chi connectivity index (χ0) is 13.8. The van der Waals surface area contributed by atoms with Gasteiger partial charge in [0.2, 0.25) is 0 Å². The highest BCUT2D eigenvalue weighted by atomic mass is 16.3. The third-order valence-electron chi connectivity index (χ3n) is 3.39. The molecule has 0 unspecified atom stereocenters. The van der Waals surface area contributed by atoms with Crippen LogP contribution in [-0.2, 0) is 0 Å². The van der Waals surface area contributed by atoms with Crippen LogP contribution in [0.4, 0.5) is 5.82 Å². The fourth-order valence-electron chi connectivity index (χ4n) is 2.04. The fourth-order valence-corrected chi connectivity index (χ4v) is 2.04. The van der Waals surface area contributed by atoms with Gasteiger partial charge in [0, 0.05) is 24.8 Å². The number of rotatable bonds is 4. The van der Waals surface area contributed by atoms with E-state index in [0.717, 1.165) is 29.2 Å². The van der Waals surface area contributed by atoms with E-state index in [0.29, 0.717) is 0 Å². The van der Waals surface area contributed by atoms with Gasteiger partial charge in [-0.2, -0.15) is 0 Å². The van der Waals surface area contributed by atoms with Crippen molar-refractivity contribution >= 4 is 5.82 Å². The van der Waals surface area contributed by atoms with Crippen molar-refractivity contribution in [3.8, 4) is 0 Å². The number of anilines is 1. The van der Waals surface area contributed by atoms with E-state index in [-0.39, 0.29) is 0 Å². The summed E-state index contributed by atoms with van der Waals surface area (Å²) in [5, 5.41) is 10.4. The van der Waals surface area contributed by atoms with Crippen LogP contribution in [0.25, 0.3) is 0 Å². The van der Waals surface area contributed by atoms with Gasteiger partial charge in [-0.05, 0) is 25.5 Å². The van der Waals surface area contributed by atoms with Crippen LogP contribution < -0.4 is 4.90 Å². The molecular formula is C16H20N2O. The molecule has 0 aliphatic carbocycles. The van der Waals surface area contributed by atoms with Crippen molar-refractivity contribution in [2.75, 3.05) is 18.5 Å². The summed E-state index contributed by atoms with van der Waals surface area (Å²) in [6, 6.07) is 13.6. The lowest BCUT2D eigenvalue weighted by molar-refractivity contribution is 0.219. The highest BCUT2D eigenvalue weighted by Crippen LogP contribution is 2.25. The van der Waals surface area contributed by atoms with E-state index >= 15 is 0 Å². The van der Waals surface area contributed by atoms with Crippen LogP contribution >= 0.6 is 0 Å². The van der Waals surface area contributed by atoms with Crippen LogP contribution in [0.3, 0.4) is 0 Å². The zero-order valence-electron chi connectivity index (χ0n) is 11.7. The second kappa shape index (κ2) is 5.85. The first kappa shape index (κ1) is 13.6. The van der Waals surface area contributed by atoms with Gasteiger partial charge < -0.3 is 10.0 Å². The monoisotopic (exact) mass is 256 g/mol. The highest BCUT2D eigenvalue weighted by Gasteiger charge is 2.14. The summed E-state index contributed by atoms with van der Waals surface area (Å²) in [6.07, 6.45) is -0.616. The maximum atomic E-state index is 10.4. The minimum Gasteiger partial charge on any atom is -0.384 e. The summed E-state index contributed by atoms with van der Waals surface area (Å²) in [5.41, 5.74) is 2.62. The van der Waals surface area contributed by atoms with E-state index in [9.17, 15) is 5.11 Å². The molecule has 0 amide bonds. The average molecular weight is 256 g/mol. The average Bonchev–Trinajstić information content (AvgIpc) is 2.46. The number of aryl methyl sites for hydroxylation is 1. The normalized spacial score (nSPS) is 12.2. The molecule has 1 aromatic heterocycles. The van der Waals surface area contributed by atoms with Crippen LogP contribution in [0, 0.1) is 6.92 Å². The van der Waals surface area contributed by atoms with Crippen LogP contribution in [0.5, 0.6) is 0 Å². The van der Waals surface area contributed by atoms with Crippen LogP contribution in [0.15, 0.2) is 42.5 Å². The molecule has 19 heavy (non-hydrogen) atoms. The van der Waals surface area contributed by atoms with Crippen LogP contribution in [0.2, 0.25) is 0 Å². The SMILES string of the molecule is CCN(C)c1ccc([C@@H](O)c2ccccc2)c(C)n1. The van der Waals surface area contributed by atoms with Crippen molar-refractivity contribution < 1.29 is 5.11 Å². The Morgan fingerprint density at radius 1 is 1.16 bits per heavy atom. The number of pyridine rings is 1. The topological polar surface area (TPSA) is 36.4 Å². The number of aliphatic hydroxyl groups is 1. The molecule has 2 rings (SSSR count). The summed E-state index contributed by atoms with van der Waals surface area (Å²) in [4.78, 5) is 6.63. The maximum Gasteiger partial charge on any atom is 0.128 e. The van der Waals surface area contributed by atoms with Crippen molar-refractivity contribution in [1.82, 2.24) is 4.98 Å². The fraction of sp³-hybridized carbons (Fsp3) is 0.312. The first-order valence-electron chi connectivity index (χ1n) is 6.55. The predicted octanol–water partition coefficient (Wildman–Crippen LogP) is 2.93. The minimum atomic E-state index is -0.616. The summed E-state index contributed by atoms with van der Waals surface area (Å²) in [5.74, 6) is 0.934. The van der Waals surface area contributed by atoms with E-state index in [2.05, 4.69) is 16.8 Å². The van der Waals surface area contributed by atoms with Gasteiger partial charge in [-0.25, -0.2) is 4.98 Å². The molecule has 0 radical (unpaired) electrons. The first-order chi connectivity index (χ1) is 9.13. The summed E-state index contributed by atoms with van der Waals surface area (Å²) in [7, 11) is 2.01. The smallest absolute Gasteiger partial charge is 0.128 e. The molecule has 1 aromatic carbocycles. The molecular weight excluding hydrogens is 236 g/mol. The molecule has 3 nitrogen and oxygen atoms in total. The van der Waals surface area contributed by atoms with Crippen molar-refractivity contribution in [3.63, 3.8) is 0 Å². The lowest BCUT2D eigenvalue weighted by atomic mass is 10.0. The van der Waals surface area contributed by atoms with Gasteiger partial charge in [0.05, 0.1) is 0 Å². The van der Waals surface area contributed by atoms with E-state index < -0.39 is 6.10 Å². The van der Waals surface area contributed by atoms with Crippen molar-refractivity contribution in [1.29, 1.82) is 0 Å². The van der Waals surface area contributed by atoms with E-state index in [1.165, 1.54) is 0 Å². The molecule has 100 valence electrons. The third-order valence-corrected chi connectivity index (χ3v) is 3.39. The van der Waals surface area contributed by atoms with Gasteiger partial charge in [0.15, 0.2) is 0 Å². The van der Waals surface area contributed by atoms with Gasteiger partial charge in [-0.15, -0.1) is 0 Å². The van der Waals surface area contributed by atoms with E-state index in [1.807, 2.05) is 56.4 Å². The standard InChI is InChI=1S/C16H20N2O/c1-4-18(3)15-11-10-14(12(2)17-15)16(19)13-8-6-5-7-9-13/h5-11,16,19H,4H2,1-3H3/t16-/m0/s1. The maximum absolute atomic E-state index is 10.4. The molecule has 0 bridgehead atoms. The van der Waals surface area contributed by atoms with Gasteiger partial charge in [0.25, 0.3) is 0 Å². The second-order valence-corrected chi connectivity index (χ2v) is 4.67. The van der Waals surface area contributed by atoms with Gasteiger partial charge in [0.1, 0.15) is 11.9 Å². The molecule has 0 aliphatic heterocycles. The molecule has 0 fully saturated rings. The van der Waals surface area contributed by atoms with E-state index in [1.54, 1.807) is 0 Å². The van der Waals surface area contributed by atoms with Gasteiger partial charge >= 0.3 is 0 Å². The van der Waals surface area contributed by atoms with Gasteiger partial charge in [-0.3, -0.25) is 0 Å². The third kappa shape index (κ3) is 2.93. The molecule has 3 heteroatoms. The molecule has 1 N–H and O–H groups in total. The first-order valence-corrected chi connectivity index (χ1v) is 6.55. The Morgan fingerprint density at radius 3 is 2.42 bits per heavy atom. The van der Waals surface area contributed by atoms with Crippen molar-refractivity contribution in [3.05, 3.63) is 59.3 Å². The molecule has 1 heterocycles. The second-order valence-electron chi connectivity index (χ2n) is 4.67. The largest absolute Gasteiger partial charge is 0.384 e. The van der Waals surface area contributed by atoms with Crippen LogP contribution in [-0.4, -0.2) is 23.7 Å². The van der Waals surface area contributed by atoms with Crippen molar-refractivity contribution in [2.24, 2.45) is 0 Å². The summed E-state index contributed by atoms with van der Waals surface area (Å²) in [6.45, 7) is 4.94. The number of aliphatic hydroxyl groups excluding tert-OH is 1. The summed E-state index contributed by atoms with van der Waals surface area (Å²) < 4.78 is 0. The zero-order valence-corrected chi connectivity index (χ0v) is 11.7. The highest BCUT2D eigenvalue weighted by molar-refractivity contribution is 5.43. The van der Waals surface area contributed by atoms with Gasteiger partial charge in [-0.1, -0.05) is 36.4 Å². The Hall–Kier alpha value is -1.87. The number of nitrogens with zero attached hydrogens (tertiary/aromatic N) is 2.